The first-order valence-electron chi connectivity index (χ1n) is 10.7. The molecule has 0 aliphatic heterocycles. The topological polar surface area (TPSA) is 260 Å². The molecule has 35 heavy (non-hydrogen) atoms. The van der Waals surface area contributed by atoms with E-state index in [4.69, 9.17) is 16.6 Å². The lowest BCUT2D eigenvalue weighted by molar-refractivity contribution is -0.142. The summed E-state index contributed by atoms with van der Waals surface area (Å²) >= 11 is 0. The van der Waals surface area contributed by atoms with Crippen LogP contribution in [0.15, 0.2) is 12.5 Å². The highest BCUT2D eigenvalue weighted by Gasteiger charge is 2.32. The first-order valence-corrected chi connectivity index (χ1v) is 10.7. The van der Waals surface area contributed by atoms with Crippen molar-refractivity contribution in [3.63, 3.8) is 0 Å². The van der Waals surface area contributed by atoms with Crippen molar-refractivity contribution in [3.05, 3.63) is 18.2 Å². The second-order valence-corrected chi connectivity index (χ2v) is 8.18. The molecule has 0 fully saturated rings. The van der Waals surface area contributed by atoms with Gasteiger partial charge in [0, 0.05) is 24.7 Å². The molecule has 15 nitrogen and oxygen atoms in total. The van der Waals surface area contributed by atoms with E-state index in [0.717, 1.165) is 0 Å². The van der Waals surface area contributed by atoms with E-state index >= 15 is 0 Å². The van der Waals surface area contributed by atoms with E-state index in [9.17, 15) is 33.9 Å². The first-order chi connectivity index (χ1) is 16.3. The molecule has 0 aliphatic carbocycles. The van der Waals surface area contributed by atoms with Gasteiger partial charge in [-0.1, -0.05) is 13.8 Å². The fourth-order valence-electron chi connectivity index (χ4n) is 2.98. The molecule has 4 amide bonds. The van der Waals surface area contributed by atoms with Gasteiger partial charge in [0.05, 0.1) is 18.8 Å². The maximum Gasteiger partial charge on any atom is 0.326 e. The third-order valence-corrected chi connectivity index (χ3v) is 4.88. The number of aromatic nitrogens is 2. The van der Waals surface area contributed by atoms with Crippen LogP contribution in [-0.2, 0) is 35.2 Å². The van der Waals surface area contributed by atoms with Crippen molar-refractivity contribution in [2.75, 3.05) is 0 Å². The number of nitrogens with one attached hydrogen (secondary N) is 4. The summed E-state index contributed by atoms with van der Waals surface area (Å²) in [6, 6.07) is -5.34. The van der Waals surface area contributed by atoms with Gasteiger partial charge in [0.15, 0.2) is 0 Å². The van der Waals surface area contributed by atoms with Gasteiger partial charge < -0.3 is 42.6 Å². The van der Waals surface area contributed by atoms with E-state index in [-0.39, 0.29) is 19.3 Å². The molecule has 0 aliphatic rings. The average Bonchev–Trinajstić information content (AvgIpc) is 3.26. The second kappa shape index (κ2) is 13.6. The summed E-state index contributed by atoms with van der Waals surface area (Å²) in [6.07, 6.45) is 1.45. The van der Waals surface area contributed by atoms with Crippen molar-refractivity contribution in [2.24, 2.45) is 17.4 Å². The van der Waals surface area contributed by atoms with Gasteiger partial charge >= 0.3 is 11.9 Å². The number of nitrogens with two attached hydrogens (primary N) is 2. The Morgan fingerprint density at radius 1 is 1.00 bits per heavy atom. The number of aliphatic carboxylic acids is 2. The van der Waals surface area contributed by atoms with Gasteiger partial charge in [0.2, 0.25) is 23.6 Å². The monoisotopic (exact) mass is 497 g/mol. The average molecular weight is 498 g/mol. The number of rotatable bonds is 15. The lowest BCUT2D eigenvalue weighted by Gasteiger charge is -2.27. The molecule has 1 rings (SSSR count). The summed E-state index contributed by atoms with van der Waals surface area (Å²) in [5, 5.41) is 25.3. The zero-order valence-electron chi connectivity index (χ0n) is 19.3. The van der Waals surface area contributed by atoms with Crippen molar-refractivity contribution in [1.82, 2.24) is 25.9 Å². The van der Waals surface area contributed by atoms with Crippen LogP contribution in [0.2, 0.25) is 0 Å². The van der Waals surface area contributed by atoms with Crippen LogP contribution in [0.4, 0.5) is 0 Å². The molecule has 10 N–H and O–H groups in total. The van der Waals surface area contributed by atoms with E-state index in [1.165, 1.54) is 12.5 Å². The van der Waals surface area contributed by atoms with Crippen LogP contribution in [0.1, 0.15) is 38.8 Å². The van der Waals surface area contributed by atoms with Gasteiger partial charge in [-0.15, -0.1) is 0 Å². The predicted octanol–water partition coefficient (Wildman–Crippen LogP) is -2.79. The highest BCUT2D eigenvalue weighted by molar-refractivity contribution is 5.95. The quantitative estimate of drug-likeness (QED) is 0.123. The molecule has 0 saturated carbocycles. The van der Waals surface area contributed by atoms with Gasteiger partial charge in [-0.25, -0.2) is 9.78 Å². The zero-order chi connectivity index (χ0) is 26.7. The van der Waals surface area contributed by atoms with Crippen LogP contribution in [0.25, 0.3) is 0 Å². The lowest BCUT2D eigenvalue weighted by Crippen LogP contribution is -2.58. The van der Waals surface area contributed by atoms with Crippen LogP contribution < -0.4 is 27.4 Å². The number of carboxylic acids is 2. The maximum absolute atomic E-state index is 12.9. The Hall–Kier alpha value is -4.01. The summed E-state index contributed by atoms with van der Waals surface area (Å²) in [6.45, 7) is 3.21. The number of primary amides is 1. The maximum atomic E-state index is 12.9. The summed E-state index contributed by atoms with van der Waals surface area (Å²) < 4.78 is 0. The minimum absolute atomic E-state index is 0.0847. The highest BCUT2D eigenvalue weighted by Crippen LogP contribution is 2.07. The fourth-order valence-corrected chi connectivity index (χ4v) is 2.98. The Morgan fingerprint density at radius 2 is 1.63 bits per heavy atom. The molecule has 1 aromatic heterocycles. The van der Waals surface area contributed by atoms with Gasteiger partial charge in [-0.05, 0) is 12.3 Å². The molecule has 1 heterocycles. The third-order valence-electron chi connectivity index (χ3n) is 4.88. The molecule has 0 saturated heterocycles. The van der Waals surface area contributed by atoms with Gasteiger partial charge in [0.25, 0.3) is 0 Å². The van der Waals surface area contributed by atoms with E-state index in [0.29, 0.717) is 5.69 Å². The number of H-pyrrole nitrogens is 1. The van der Waals surface area contributed by atoms with E-state index in [1.807, 2.05) is 0 Å². The molecule has 4 unspecified atom stereocenters. The van der Waals surface area contributed by atoms with Crippen LogP contribution in [0, 0.1) is 5.92 Å². The molecule has 0 aromatic carbocycles. The molecule has 0 radical (unpaired) electrons. The van der Waals surface area contributed by atoms with E-state index < -0.39 is 72.1 Å². The first kappa shape index (κ1) is 29.0. The molecule has 4 atom stereocenters. The summed E-state index contributed by atoms with van der Waals surface area (Å²) in [5.41, 5.74) is 11.1. The fraction of sp³-hybridized carbons (Fsp3) is 0.550. The molecular formula is C20H31N7O8. The van der Waals surface area contributed by atoms with Crippen LogP contribution in [0.3, 0.4) is 0 Å². The molecule has 194 valence electrons. The Morgan fingerprint density at radius 3 is 2.11 bits per heavy atom. The Labute approximate surface area is 200 Å². The standard InChI is InChI=1S/C20H31N7O8/c1-9(2)16(19(33)26-13(20(34)35)5-10-7-23-8-24-10)27-18(32)12(3-4-14(22)28)25-17(31)11(21)6-15(29)30/h7-9,11-13,16H,3-6,21H2,1-2H3,(H2,22,28)(H,23,24)(H,25,31)(H,26,33)(H,27,32)(H,29,30)(H,34,35). The predicted molar refractivity (Wildman–Crippen MR) is 119 cm³/mol. The molecule has 1 aromatic rings. The van der Waals surface area contributed by atoms with E-state index in [2.05, 4.69) is 25.9 Å². The number of carbonyl (C=O) groups is 6. The number of amides is 4. The summed E-state index contributed by atoms with van der Waals surface area (Å²) in [5.74, 6) is -6.49. The van der Waals surface area contributed by atoms with Gasteiger partial charge in [-0.3, -0.25) is 24.0 Å². The van der Waals surface area contributed by atoms with Crippen LogP contribution in [0.5, 0.6) is 0 Å². The summed E-state index contributed by atoms with van der Waals surface area (Å²) in [4.78, 5) is 78.1. The Kier molecular flexibility index (Phi) is 11.3. The van der Waals surface area contributed by atoms with Crippen LogP contribution >= 0.6 is 0 Å². The molecule has 0 bridgehead atoms. The second-order valence-electron chi connectivity index (χ2n) is 8.18. The number of carboxylic acid groups (broad SMARTS) is 2. The third kappa shape index (κ3) is 10.2. The summed E-state index contributed by atoms with van der Waals surface area (Å²) in [7, 11) is 0. The lowest BCUT2D eigenvalue weighted by atomic mass is 10.0. The minimum atomic E-state index is -1.46. The Balaban J connectivity index is 2.96. The molecule has 0 spiro atoms. The number of carbonyl (C=O) groups excluding carboxylic acids is 4. The zero-order valence-corrected chi connectivity index (χ0v) is 19.3. The van der Waals surface area contributed by atoms with Crippen molar-refractivity contribution >= 4 is 35.6 Å². The van der Waals surface area contributed by atoms with Crippen molar-refractivity contribution in [1.29, 1.82) is 0 Å². The SMILES string of the molecule is CC(C)C(NC(=O)C(CCC(N)=O)NC(=O)C(N)CC(=O)O)C(=O)NC(Cc1cnc[nH]1)C(=O)O. The normalized spacial score (nSPS) is 14.3. The molecule has 15 heteroatoms. The van der Waals surface area contributed by atoms with Crippen molar-refractivity contribution < 1.29 is 39.0 Å². The van der Waals surface area contributed by atoms with Crippen LogP contribution in [-0.4, -0.2) is 79.9 Å². The number of imidazole rings is 1. The largest absolute Gasteiger partial charge is 0.481 e. The smallest absolute Gasteiger partial charge is 0.326 e. The van der Waals surface area contributed by atoms with Crippen molar-refractivity contribution in [3.8, 4) is 0 Å². The van der Waals surface area contributed by atoms with Crippen molar-refractivity contribution in [2.45, 2.75) is 63.7 Å². The van der Waals surface area contributed by atoms with Gasteiger partial charge in [-0.2, -0.15) is 0 Å². The van der Waals surface area contributed by atoms with E-state index in [1.54, 1.807) is 13.8 Å². The highest BCUT2D eigenvalue weighted by atomic mass is 16.4. The minimum Gasteiger partial charge on any atom is -0.481 e. The Bertz CT molecular complexity index is 919. The number of hydrogen-bond acceptors (Lipinski definition) is 8. The molecular weight excluding hydrogens is 466 g/mol. The number of nitrogens with zero attached hydrogens (tertiary/aromatic N) is 1. The number of aromatic amines is 1. The van der Waals surface area contributed by atoms with Gasteiger partial charge in [0.1, 0.15) is 18.1 Å². The number of hydrogen-bond donors (Lipinski definition) is 8.